The Balaban J connectivity index is 1.53. The highest BCUT2D eigenvalue weighted by Crippen LogP contribution is 2.42. The van der Waals surface area contributed by atoms with Crippen molar-refractivity contribution < 1.29 is 14.3 Å². The number of nitrogens with zero attached hydrogens (tertiary/aromatic N) is 3. The lowest BCUT2D eigenvalue weighted by Gasteiger charge is -2.29. The van der Waals surface area contributed by atoms with Gasteiger partial charge in [-0.15, -0.1) is 5.10 Å². The Morgan fingerprint density at radius 3 is 2.71 bits per heavy atom. The second-order valence-corrected chi connectivity index (χ2v) is 11.7. The fourth-order valence-electron chi connectivity index (χ4n) is 4.42. The molecule has 0 spiro atoms. The Labute approximate surface area is 256 Å². The van der Waals surface area contributed by atoms with E-state index in [1.165, 1.54) is 17.3 Å². The first-order chi connectivity index (χ1) is 19.8. The van der Waals surface area contributed by atoms with Crippen LogP contribution in [-0.4, -0.2) is 27.3 Å². The molecule has 7 nitrogen and oxygen atoms in total. The molecule has 0 saturated carbocycles. The largest absolute Gasteiger partial charge is 0.489 e. The number of carbonyl (C=O) groups excluding carboxylic acids is 1. The van der Waals surface area contributed by atoms with Gasteiger partial charge in [-0.3, -0.25) is 0 Å². The predicted octanol–water partition coefficient (Wildman–Crippen LogP) is 7.89. The molecule has 0 amide bonds. The first-order valence-electron chi connectivity index (χ1n) is 12.9. The van der Waals surface area contributed by atoms with Crippen molar-refractivity contribution in [1.29, 1.82) is 0 Å². The fourth-order valence-corrected chi connectivity index (χ4v) is 5.92. The topological polar surface area (TPSA) is 78.3 Å². The summed E-state index contributed by atoms with van der Waals surface area (Å²) in [4.78, 5) is 18.2. The second kappa shape index (κ2) is 13.0. The fraction of sp³-hybridized carbons (Fsp3) is 0.194. The van der Waals surface area contributed by atoms with Gasteiger partial charge >= 0.3 is 5.97 Å². The van der Waals surface area contributed by atoms with Crippen LogP contribution in [0.4, 0.5) is 5.95 Å². The van der Waals surface area contributed by atoms with Crippen molar-refractivity contribution in [2.75, 3.05) is 11.9 Å². The van der Waals surface area contributed by atoms with Crippen LogP contribution in [0.3, 0.4) is 0 Å². The molecular formula is C31H28BrClN4O3S. The lowest BCUT2D eigenvalue weighted by atomic mass is 9.95. The zero-order valence-electron chi connectivity index (χ0n) is 22.6. The zero-order chi connectivity index (χ0) is 28.9. The van der Waals surface area contributed by atoms with Gasteiger partial charge in [0.15, 0.2) is 0 Å². The van der Waals surface area contributed by atoms with Gasteiger partial charge in [0, 0.05) is 26.5 Å². The Kier molecular flexibility index (Phi) is 9.17. The van der Waals surface area contributed by atoms with E-state index in [2.05, 4.69) is 40.0 Å². The van der Waals surface area contributed by atoms with Gasteiger partial charge in [0.1, 0.15) is 25.0 Å². The minimum atomic E-state index is -0.656. The van der Waals surface area contributed by atoms with E-state index < -0.39 is 12.0 Å². The van der Waals surface area contributed by atoms with Crippen molar-refractivity contribution in [2.45, 2.75) is 37.4 Å². The van der Waals surface area contributed by atoms with Crippen LogP contribution in [0.15, 0.2) is 100 Å². The zero-order valence-corrected chi connectivity index (χ0v) is 25.7. The molecule has 1 N–H and O–H groups in total. The summed E-state index contributed by atoms with van der Waals surface area (Å²) in [5.74, 6) is 1.25. The van der Waals surface area contributed by atoms with Crippen LogP contribution in [0.2, 0.25) is 5.02 Å². The molecule has 1 unspecified atom stereocenters. The van der Waals surface area contributed by atoms with Crippen molar-refractivity contribution in [3.05, 3.63) is 122 Å². The maximum absolute atomic E-state index is 13.4. The predicted molar refractivity (Wildman–Crippen MR) is 166 cm³/mol. The van der Waals surface area contributed by atoms with Crippen molar-refractivity contribution >= 4 is 51.2 Å². The molecule has 2 heterocycles. The van der Waals surface area contributed by atoms with Gasteiger partial charge in [0.2, 0.25) is 11.1 Å². The van der Waals surface area contributed by atoms with E-state index in [-0.39, 0.29) is 6.61 Å². The van der Waals surface area contributed by atoms with Gasteiger partial charge in [-0.25, -0.2) is 9.48 Å². The number of hydrogen-bond acceptors (Lipinski definition) is 7. The molecule has 0 aliphatic carbocycles. The number of nitrogens with one attached hydrogen (secondary N) is 1. The summed E-state index contributed by atoms with van der Waals surface area (Å²) in [7, 11) is 0. The molecule has 1 aromatic heterocycles. The van der Waals surface area contributed by atoms with E-state index in [0.717, 1.165) is 21.2 Å². The van der Waals surface area contributed by atoms with E-state index in [0.29, 0.717) is 45.5 Å². The SMILES string of the molecule is C=CCOC(=O)C1=C(C)Nc2nc(SCc3ccccc3Cl)nn2C1c1cc(Br)ccc1OCc1ccc(C)cc1. The van der Waals surface area contributed by atoms with E-state index in [4.69, 9.17) is 31.2 Å². The minimum Gasteiger partial charge on any atom is -0.489 e. The summed E-state index contributed by atoms with van der Waals surface area (Å²) in [6.07, 6.45) is 1.54. The monoisotopic (exact) mass is 650 g/mol. The lowest BCUT2D eigenvalue weighted by molar-refractivity contribution is -0.138. The van der Waals surface area contributed by atoms with E-state index >= 15 is 0 Å². The summed E-state index contributed by atoms with van der Waals surface area (Å²) in [6.45, 7) is 8.00. The number of rotatable bonds is 10. The second-order valence-electron chi connectivity index (χ2n) is 9.45. The van der Waals surface area contributed by atoms with Crippen LogP contribution in [0.5, 0.6) is 5.75 Å². The molecule has 210 valence electrons. The molecule has 1 aliphatic rings. The van der Waals surface area contributed by atoms with Gasteiger partial charge in [-0.1, -0.05) is 100.0 Å². The molecule has 1 atom stereocenters. The van der Waals surface area contributed by atoms with Crippen LogP contribution < -0.4 is 10.1 Å². The van der Waals surface area contributed by atoms with Gasteiger partial charge in [0.25, 0.3) is 0 Å². The number of ether oxygens (including phenoxy) is 2. The summed E-state index contributed by atoms with van der Waals surface area (Å²) in [5, 5.41) is 9.31. The molecule has 10 heteroatoms. The molecule has 1 aliphatic heterocycles. The van der Waals surface area contributed by atoms with E-state index in [1.54, 1.807) is 10.8 Å². The van der Waals surface area contributed by atoms with Gasteiger partial charge in [0.05, 0.1) is 5.57 Å². The maximum Gasteiger partial charge on any atom is 0.338 e. The molecule has 0 radical (unpaired) electrons. The van der Waals surface area contributed by atoms with Crippen LogP contribution in [0.25, 0.3) is 0 Å². The summed E-state index contributed by atoms with van der Waals surface area (Å²) >= 11 is 11.4. The van der Waals surface area contributed by atoms with Crippen molar-refractivity contribution in [3.8, 4) is 5.75 Å². The molecule has 0 bridgehead atoms. The number of fused-ring (bicyclic) bond motifs is 1. The molecule has 0 saturated heterocycles. The highest BCUT2D eigenvalue weighted by molar-refractivity contribution is 9.10. The van der Waals surface area contributed by atoms with Gasteiger partial charge in [-0.05, 0) is 49.2 Å². The van der Waals surface area contributed by atoms with Crippen molar-refractivity contribution in [3.63, 3.8) is 0 Å². The number of benzene rings is 3. The van der Waals surface area contributed by atoms with Crippen LogP contribution in [-0.2, 0) is 21.9 Å². The number of aromatic nitrogens is 3. The molecule has 3 aromatic carbocycles. The van der Waals surface area contributed by atoms with Gasteiger partial charge in [-0.2, -0.15) is 4.98 Å². The Hall–Kier alpha value is -3.53. The maximum atomic E-state index is 13.4. The normalized spacial score (nSPS) is 14.3. The lowest BCUT2D eigenvalue weighted by Crippen LogP contribution is -2.30. The Bertz CT molecular complexity index is 1620. The number of carbonyl (C=O) groups is 1. The third-order valence-corrected chi connectivity index (χ3v) is 8.23. The molecule has 4 aromatic rings. The molecule has 0 fully saturated rings. The highest BCUT2D eigenvalue weighted by Gasteiger charge is 2.37. The minimum absolute atomic E-state index is 0.0841. The molecule has 5 rings (SSSR count). The number of allylic oxidation sites excluding steroid dienone is 1. The van der Waals surface area contributed by atoms with Crippen molar-refractivity contribution in [2.24, 2.45) is 0 Å². The standard InChI is InChI=1S/C31H28BrClN4O3S/c1-4-15-39-29(38)27-20(3)34-30-35-31(41-18-22-7-5-6-8-25(22)33)36-37(30)28(27)24-16-23(32)13-14-26(24)40-17-21-11-9-19(2)10-12-21/h4-14,16,28H,1,15,17-18H2,2-3H3,(H,34,35,36). The summed E-state index contributed by atoms with van der Waals surface area (Å²) in [6, 6.07) is 21.0. The Morgan fingerprint density at radius 2 is 1.95 bits per heavy atom. The number of halogens is 2. The van der Waals surface area contributed by atoms with Crippen LogP contribution in [0, 0.1) is 6.92 Å². The smallest absolute Gasteiger partial charge is 0.338 e. The van der Waals surface area contributed by atoms with Crippen molar-refractivity contribution in [1.82, 2.24) is 14.8 Å². The van der Waals surface area contributed by atoms with E-state index in [1.807, 2.05) is 68.4 Å². The average molecular weight is 652 g/mol. The van der Waals surface area contributed by atoms with Gasteiger partial charge < -0.3 is 14.8 Å². The summed E-state index contributed by atoms with van der Waals surface area (Å²) < 4.78 is 14.4. The molecule has 41 heavy (non-hydrogen) atoms. The van der Waals surface area contributed by atoms with Crippen LogP contribution in [0.1, 0.15) is 35.2 Å². The first-order valence-corrected chi connectivity index (χ1v) is 15.1. The van der Waals surface area contributed by atoms with Crippen LogP contribution >= 0.6 is 39.3 Å². The quantitative estimate of drug-likeness (QED) is 0.106. The number of hydrogen-bond donors (Lipinski definition) is 1. The number of thioether (sulfide) groups is 1. The molecular weight excluding hydrogens is 624 g/mol. The number of anilines is 1. The third kappa shape index (κ3) is 6.69. The Morgan fingerprint density at radius 1 is 1.17 bits per heavy atom. The van der Waals surface area contributed by atoms with E-state index in [9.17, 15) is 4.79 Å². The number of esters is 1. The summed E-state index contributed by atoms with van der Waals surface area (Å²) in [5.41, 5.74) is 4.97. The number of aryl methyl sites for hydroxylation is 1. The third-order valence-electron chi connectivity index (χ3n) is 6.48. The highest BCUT2D eigenvalue weighted by atomic mass is 79.9. The first kappa shape index (κ1) is 29.0. The average Bonchev–Trinajstić information content (AvgIpc) is 3.37.